The van der Waals surface area contributed by atoms with E-state index in [0.717, 1.165) is 31.1 Å². The highest BCUT2D eigenvalue weighted by atomic mass is 32.2. The Bertz CT molecular complexity index is 710. The van der Waals surface area contributed by atoms with Gasteiger partial charge in [-0.3, -0.25) is 0 Å². The maximum Gasteiger partial charge on any atom is 0.232 e. The molecule has 0 saturated carbocycles. The van der Waals surface area contributed by atoms with Crippen molar-refractivity contribution in [1.82, 2.24) is 14.9 Å². The minimum Gasteiger partial charge on any atom is -0.480 e. The lowest BCUT2D eigenvalue weighted by molar-refractivity contribution is 0.269. The van der Waals surface area contributed by atoms with E-state index in [9.17, 15) is 5.11 Å². The lowest BCUT2D eigenvalue weighted by atomic mass is 10.3. The number of hydrogen-bond donors (Lipinski definition) is 2. The molecule has 0 radical (unpaired) electrons. The van der Waals surface area contributed by atoms with Crippen molar-refractivity contribution >= 4 is 23.4 Å². The van der Waals surface area contributed by atoms with E-state index in [2.05, 4.69) is 26.8 Å². The van der Waals surface area contributed by atoms with Crippen molar-refractivity contribution in [2.24, 2.45) is 0 Å². The molecule has 8 heteroatoms. The van der Waals surface area contributed by atoms with Crippen LogP contribution in [0, 0.1) is 0 Å². The number of likely N-dealkylation sites (N-methyl/N-ethyl adjacent to an activating group) is 1. The highest BCUT2D eigenvalue weighted by molar-refractivity contribution is 7.99. The minimum absolute atomic E-state index is 0.176. The second-order valence-corrected chi connectivity index (χ2v) is 7.02. The molecular formula is C17H23N5O2S. The van der Waals surface area contributed by atoms with E-state index in [-0.39, 0.29) is 6.61 Å². The van der Waals surface area contributed by atoms with Crippen LogP contribution in [0.5, 0.6) is 5.88 Å². The fourth-order valence-electron chi connectivity index (χ4n) is 2.65. The van der Waals surface area contributed by atoms with Crippen LogP contribution in [0.4, 0.5) is 11.6 Å². The maximum atomic E-state index is 9.83. The minimum atomic E-state index is -0.176. The average Bonchev–Trinajstić information content (AvgIpc) is 2.62. The molecule has 3 rings (SSSR count). The number of rotatable bonds is 5. The first-order valence-electron chi connectivity index (χ1n) is 8.13. The summed E-state index contributed by atoms with van der Waals surface area (Å²) in [5, 5.41) is 9.83. The number of aromatic nitrogens is 2. The first-order valence-corrected chi connectivity index (χ1v) is 8.95. The molecule has 0 unspecified atom stereocenters. The van der Waals surface area contributed by atoms with Crippen LogP contribution in [0.1, 0.15) is 5.69 Å². The average molecular weight is 361 g/mol. The highest BCUT2D eigenvalue weighted by Gasteiger charge is 2.22. The van der Waals surface area contributed by atoms with Crippen molar-refractivity contribution in [3.63, 3.8) is 0 Å². The zero-order valence-corrected chi connectivity index (χ0v) is 15.3. The van der Waals surface area contributed by atoms with E-state index < -0.39 is 0 Å². The zero-order valence-electron chi connectivity index (χ0n) is 14.5. The summed E-state index contributed by atoms with van der Waals surface area (Å²) in [7, 11) is 3.68. The zero-order chi connectivity index (χ0) is 17.8. The van der Waals surface area contributed by atoms with E-state index in [0.29, 0.717) is 28.1 Å². The van der Waals surface area contributed by atoms with Crippen LogP contribution in [0.15, 0.2) is 34.1 Å². The van der Waals surface area contributed by atoms with Gasteiger partial charge in [0.05, 0.1) is 24.3 Å². The van der Waals surface area contributed by atoms with Crippen LogP contribution in [0.2, 0.25) is 0 Å². The molecule has 25 heavy (non-hydrogen) atoms. The third-order valence-electron chi connectivity index (χ3n) is 4.10. The quantitative estimate of drug-likeness (QED) is 0.774. The Kier molecular flexibility index (Phi) is 5.62. The number of aliphatic hydroxyl groups is 1. The highest BCUT2D eigenvalue weighted by Crippen LogP contribution is 2.37. The lowest BCUT2D eigenvalue weighted by Gasteiger charge is -2.32. The van der Waals surface area contributed by atoms with E-state index >= 15 is 0 Å². The number of aliphatic hydroxyl groups excluding tert-OH is 1. The molecule has 1 fully saturated rings. The number of methoxy groups -OCH3 is 1. The van der Waals surface area contributed by atoms with E-state index in [1.165, 1.54) is 11.8 Å². The largest absolute Gasteiger partial charge is 0.480 e. The van der Waals surface area contributed by atoms with Gasteiger partial charge in [0.25, 0.3) is 0 Å². The summed E-state index contributed by atoms with van der Waals surface area (Å²) in [4.78, 5) is 15.2. The smallest absolute Gasteiger partial charge is 0.232 e. The van der Waals surface area contributed by atoms with Crippen LogP contribution in [-0.2, 0) is 6.61 Å². The fraction of sp³-hybridized carbons (Fsp3) is 0.412. The van der Waals surface area contributed by atoms with Crippen LogP contribution in [0.3, 0.4) is 0 Å². The third kappa shape index (κ3) is 4.15. The van der Waals surface area contributed by atoms with Crippen LogP contribution in [-0.4, -0.2) is 60.3 Å². The number of benzene rings is 1. The van der Waals surface area contributed by atoms with Crippen molar-refractivity contribution in [1.29, 1.82) is 0 Å². The molecule has 134 valence electrons. The van der Waals surface area contributed by atoms with Crippen molar-refractivity contribution < 1.29 is 9.84 Å². The summed E-state index contributed by atoms with van der Waals surface area (Å²) >= 11 is 1.44. The molecule has 1 aliphatic rings. The molecule has 7 nitrogen and oxygen atoms in total. The standard InChI is InChI=1S/C17H23N5O2S/c1-21-6-8-22(9-7-21)17-19-14(11-23)15(16(20-17)24-2)25-13-5-3-4-12(18)10-13/h3-5,10,23H,6-9,11,18H2,1-2H3. The van der Waals surface area contributed by atoms with Crippen LogP contribution in [0.25, 0.3) is 0 Å². The monoisotopic (exact) mass is 361 g/mol. The molecule has 0 atom stereocenters. The van der Waals surface area contributed by atoms with Crippen molar-refractivity contribution in [2.45, 2.75) is 16.4 Å². The van der Waals surface area contributed by atoms with Gasteiger partial charge >= 0.3 is 0 Å². The topological polar surface area (TPSA) is 87.7 Å². The molecule has 1 saturated heterocycles. The second kappa shape index (κ2) is 7.90. The van der Waals surface area contributed by atoms with Gasteiger partial charge in [0.15, 0.2) is 0 Å². The van der Waals surface area contributed by atoms with Gasteiger partial charge in [-0.05, 0) is 25.2 Å². The van der Waals surface area contributed by atoms with Crippen molar-refractivity contribution in [3.8, 4) is 5.88 Å². The summed E-state index contributed by atoms with van der Waals surface area (Å²) < 4.78 is 5.49. The number of nitrogens with two attached hydrogens (primary N) is 1. The van der Waals surface area contributed by atoms with E-state index in [4.69, 9.17) is 10.5 Å². The fourth-order valence-corrected chi connectivity index (χ4v) is 3.67. The maximum absolute atomic E-state index is 9.83. The van der Waals surface area contributed by atoms with Gasteiger partial charge in [0.2, 0.25) is 11.8 Å². The molecule has 1 aliphatic heterocycles. The predicted molar refractivity (Wildman–Crippen MR) is 99.2 cm³/mol. The Morgan fingerprint density at radius 2 is 2.00 bits per heavy atom. The van der Waals surface area contributed by atoms with Gasteiger partial charge in [-0.1, -0.05) is 17.8 Å². The van der Waals surface area contributed by atoms with Gasteiger partial charge < -0.3 is 25.4 Å². The van der Waals surface area contributed by atoms with Gasteiger partial charge in [-0.25, -0.2) is 4.98 Å². The SMILES string of the molecule is COc1nc(N2CCN(C)CC2)nc(CO)c1Sc1cccc(N)c1. The van der Waals surface area contributed by atoms with Gasteiger partial charge in [-0.2, -0.15) is 4.98 Å². The molecule has 1 aromatic carbocycles. The summed E-state index contributed by atoms with van der Waals surface area (Å²) in [5.74, 6) is 1.08. The Labute approximate surface area is 151 Å². The number of ether oxygens (including phenoxy) is 1. The summed E-state index contributed by atoms with van der Waals surface area (Å²) in [5.41, 5.74) is 7.10. The Hall–Kier alpha value is -2.03. The molecule has 0 aliphatic carbocycles. The third-order valence-corrected chi connectivity index (χ3v) is 5.20. The molecule has 2 aromatic rings. The first kappa shape index (κ1) is 17.8. The molecule has 0 spiro atoms. The molecule has 1 aromatic heterocycles. The summed E-state index contributed by atoms with van der Waals surface area (Å²) in [6.07, 6.45) is 0. The predicted octanol–water partition coefficient (Wildman–Crippen LogP) is 1.46. The van der Waals surface area contributed by atoms with E-state index in [1.54, 1.807) is 7.11 Å². The van der Waals surface area contributed by atoms with Crippen molar-refractivity contribution in [3.05, 3.63) is 30.0 Å². The summed E-state index contributed by atoms with van der Waals surface area (Å²) in [6.45, 7) is 3.45. The van der Waals surface area contributed by atoms with Crippen LogP contribution >= 0.6 is 11.8 Å². The molecular weight excluding hydrogens is 338 g/mol. The Balaban J connectivity index is 1.92. The summed E-state index contributed by atoms with van der Waals surface area (Å²) in [6, 6.07) is 7.55. The van der Waals surface area contributed by atoms with Crippen LogP contribution < -0.4 is 15.4 Å². The number of nitrogen functional groups attached to an aromatic ring is 1. The molecule has 3 N–H and O–H groups in total. The van der Waals surface area contributed by atoms with E-state index in [1.807, 2.05) is 24.3 Å². The normalized spacial score (nSPS) is 15.4. The van der Waals surface area contributed by atoms with Gasteiger partial charge in [-0.15, -0.1) is 0 Å². The lowest BCUT2D eigenvalue weighted by Crippen LogP contribution is -2.45. The molecule has 0 amide bonds. The molecule has 0 bridgehead atoms. The molecule has 2 heterocycles. The second-order valence-electron chi connectivity index (χ2n) is 5.93. The van der Waals surface area contributed by atoms with Gasteiger partial charge in [0, 0.05) is 36.8 Å². The Morgan fingerprint density at radius 3 is 2.64 bits per heavy atom. The van der Waals surface area contributed by atoms with Crippen molar-refractivity contribution in [2.75, 3.05) is 51.0 Å². The number of nitrogens with zero attached hydrogens (tertiary/aromatic N) is 4. The Morgan fingerprint density at radius 1 is 1.24 bits per heavy atom. The first-order chi connectivity index (χ1) is 12.1. The number of piperazine rings is 1. The number of anilines is 2. The van der Waals surface area contributed by atoms with Gasteiger partial charge in [0.1, 0.15) is 0 Å². The number of hydrogen-bond acceptors (Lipinski definition) is 8.